The van der Waals surface area contributed by atoms with Crippen LogP contribution < -0.4 is 0 Å². The Balaban J connectivity index is 2.19. The van der Waals surface area contributed by atoms with Crippen LogP contribution >= 0.6 is 0 Å². The van der Waals surface area contributed by atoms with Gasteiger partial charge in [-0.3, -0.25) is 0 Å². The van der Waals surface area contributed by atoms with Gasteiger partial charge in [0.2, 0.25) is 0 Å². The Morgan fingerprint density at radius 1 is 1.50 bits per heavy atom. The summed E-state index contributed by atoms with van der Waals surface area (Å²) >= 11 is 0. The summed E-state index contributed by atoms with van der Waals surface area (Å²) in [4.78, 5) is 0. The summed E-state index contributed by atoms with van der Waals surface area (Å²) in [5.74, 6) is 0.613. The van der Waals surface area contributed by atoms with E-state index in [0.29, 0.717) is 12.4 Å². The molecule has 0 saturated carbocycles. The van der Waals surface area contributed by atoms with Crippen LogP contribution in [0.15, 0.2) is 22.8 Å². The maximum atomic E-state index is 10.0. The lowest BCUT2D eigenvalue weighted by Crippen LogP contribution is -2.35. The maximum Gasteiger partial charge on any atom is 0.145 e. The standard InChI is InChI=1S/C9H12O3/c10-9(4-2-5-11-7-9)8-3-1-6-12-8/h1,3,6,10H,2,4-5,7H2. The van der Waals surface area contributed by atoms with Gasteiger partial charge in [-0.25, -0.2) is 0 Å². The molecule has 1 unspecified atom stereocenters. The third-order valence-corrected chi connectivity index (χ3v) is 2.20. The van der Waals surface area contributed by atoms with E-state index >= 15 is 0 Å². The Bertz CT molecular complexity index is 234. The van der Waals surface area contributed by atoms with Crippen LogP contribution in [0.3, 0.4) is 0 Å². The molecule has 1 aromatic heterocycles. The van der Waals surface area contributed by atoms with Crippen molar-refractivity contribution < 1.29 is 14.3 Å². The summed E-state index contributed by atoms with van der Waals surface area (Å²) < 4.78 is 10.3. The van der Waals surface area contributed by atoms with Crippen molar-refractivity contribution in [2.75, 3.05) is 13.2 Å². The molecule has 1 aromatic rings. The molecule has 0 spiro atoms. The van der Waals surface area contributed by atoms with E-state index < -0.39 is 5.60 Å². The second-order valence-electron chi connectivity index (χ2n) is 3.17. The molecule has 0 aliphatic carbocycles. The smallest absolute Gasteiger partial charge is 0.145 e. The van der Waals surface area contributed by atoms with Crippen molar-refractivity contribution in [3.8, 4) is 0 Å². The van der Waals surface area contributed by atoms with E-state index in [4.69, 9.17) is 9.15 Å². The fourth-order valence-corrected chi connectivity index (χ4v) is 1.52. The third-order valence-electron chi connectivity index (χ3n) is 2.20. The summed E-state index contributed by atoms with van der Waals surface area (Å²) in [5.41, 5.74) is -0.887. The molecule has 1 saturated heterocycles. The zero-order chi connectivity index (χ0) is 8.44. The summed E-state index contributed by atoms with van der Waals surface area (Å²) in [6, 6.07) is 3.57. The molecule has 3 heteroatoms. The van der Waals surface area contributed by atoms with Crippen molar-refractivity contribution in [1.82, 2.24) is 0 Å². The molecule has 66 valence electrons. The second kappa shape index (κ2) is 2.92. The number of hydrogen-bond acceptors (Lipinski definition) is 3. The van der Waals surface area contributed by atoms with Gasteiger partial charge in [-0.2, -0.15) is 0 Å². The van der Waals surface area contributed by atoms with Crippen molar-refractivity contribution in [1.29, 1.82) is 0 Å². The second-order valence-corrected chi connectivity index (χ2v) is 3.17. The van der Waals surface area contributed by atoms with Gasteiger partial charge in [0.05, 0.1) is 12.9 Å². The van der Waals surface area contributed by atoms with Crippen LogP contribution in [0, 0.1) is 0 Å². The fraction of sp³-hybridized carbons (Fsp3) is 0.556. The van der Waals surface area contributed by atoms with Crippen molar-refractivity contribution in [3.63, 3.8) is 0 Å². The highest BCUT2D eigenvalue weighted by molar-refractivity contribution is 5.09. The minimum Gasteiger partial charge on any atom is -0.466 e. The molecule has 0 aromatic carbocycles. The SMILES string of the molecule is OC1(c2ccco2)CCCOC1. The molecule has 2 rings (SSSR count). The van der Waals surface area contributed by atoms with Crippen molar-refractivity contribution in [2.45, 2.75) is 18.4 Å². The molecule has 2 heterocycles. The van der Waals surface area contributed by atoms with Gasteiger partial charge < -0.3 is 14.3 Å². The predicted octanol–water partition coefficient (Wildman–Crippen LogP) is 1.28. The van der Waals surface area contributed by atoms with Gasteiger partial charge in [0.1, 0.15) is 11.4 Å². The first-order chi connectivity index (χ1) is 5.81. The third kappa shape index (κ3) is 1.26. The first kappa shape index (κ1) is 7.83. The number of rotatable bonds is 1. The van der Waals surface area contributed by atoms with Gasteiger partial charge in [-0.1, -0.05) is 0 Å². The lowest BCUT2D eigenvalue weighted by Gasteiger charge is -2.29. The Kier molecular flexibility index (Phi) is 1.90. The molecule has 1 N–H and O–H groups in total. The van der Waals surface area contributed by atoms with Gasteiger partial charge in [0.25, 0.3) is 0 Å². The average Bonchev–Trinajstić information content (AvgIpc) is 2.58. The van der Waals surface area contributed by atoms with Gasteiger partial charge in [0, 0.05) is 6.61 Å². The normalized spacial score (nSPS) is 30.4. The van der Waals surface area contributed by atoms with E-state index in [9.17, 15) is 5.11 Å². The molecule has 0 bridgehead atoms. The Labute approximate surface area is 71.0 Å². The van der Waals surface area contributed by atoms with E-state index in [0.717, 1.165) is 19.4 Å². The molecule has 1 fully saturated rings. The monoisotopic (exact) mass is 168 g/mol. The molecule has 12 heavy (non-hydrogen) atoms. The first-order valence-corrected chi connectivity index (χ1v) is 4.15. The van der Waals surface area contributed by atoms with E-state index in [1.54, 1.807) is 18.4 Å². The van der Waals surface area contributed by atoms with Crippen LogP contribution in [0.4, 0.5) is 0 Å². The van der Waals surface area contributed by atoms with Gasteiger partial charge in [0.15, 0.2) is 0 Å². The van der Waals surface area contributed by atoms with Crippen LogP contribution in [-0.4, -0.2) is 18.3 Å². The van der Waals surface area contributed by atoms with Gasteiger partial charge >= 0.3 is 0 Å². The number of hydrogen-bond donors (Lipinski definition) is 1. The highest BCUT2D eigenvalue weighted by Gasteiger charge is 2.34. The number of furan rings is 1. The van der Waals surface area contributed by atoms with E-state index in [1.807, 2.05) is 0 Å². The molecule has 1 atom stereocenters. The minimum absolute atomic E-state index is 0.348. The number of ether oxygens (including phenoxy) is 1. The molecule has 0 radical (unpaired) electrons. The molecule has 1 aliphatic rings. The van der Waals surface area contributed by atoms with Crippen LogP contribution in [0.25, 0.3) is 0 Å². The molecule has 3 nitrogen and oxygen atoms in total. The molecular weight excluding hydrogens is 156 g/mol. The Morgan fingerprint density at radius 2 is 2.42 bits per heavy atom. The lowest BCUT2D eigenvalue weighted by molar-refractivity contribution is -0.102. The van der Waals surface area contributed by atoms with Crippen molar-refractivity contribution in [3.05, 3.63) is 24.2 Å². The Hall–Kier alpha value is -0.800. The topological polar surface area (TPSA) is 42.6 Å². The van der Waals surface area contributed by atoms with E-state index in [1.165, 1.54) is 0 Å². The minimum atomic E-state index is -0.887. The summed E-state index contributed by atoms with van der Waals surface area (Å²) in [7, 11) is 0. The lowest BCUT2D eigenvalue weighted by atomic mass is 9.94. The van der Waals surface area contributed by atoms with Crippen LogP contribution in [0.5, 0.6) is 0 Å². The zero-order valence-corrected chi connectivity index (χ0v) is 6.82. The largest absolute Gasteiger partial charge is 0.466 e. The first-order valence-electron chi connectivity index (χ1n) is 4.15. The summed E-state index contributed by atoms with van der Waals surface area (Å²) in [6.07, 6.45) is 3.18. The van der Waals surface area contributed by atoms with E-state index in [-0.39, 0.29) is 0 Å². The summed E-state index contributed by atoms with van der Waals surface area (Å²) in [6.45, 7) is 1.09. The van der Waals surface area contributed by atoms with Crippen LogP contribution in [0.2, 0.25) is 0 Å². The zero-order valence-electron chi connectivity index (χ0n) is 6.82. The predicted molar refractivity (Wildman–Crippen MR) is 42.7 cm³/mol. The molecule has 0 amide bonds. The maximum absolute atomic E-state index is 10.0. The van der Waals surface area contributed by atoms with Gasteiger partial charge in [-0.05, 0) is 25.0 Å². The van der Waals surface area contributed by atoms with Crippen LogP contribution in [0.1, 0.15) is 18.6 Å². The van der Waals surface area contributed by atoms with Gasteiger partial charge in [-0.15, -0.1) is 0 Å². The molecular formula is C9H12O3. The van der Waals surface area contributed by atoms with Crippen molar-refractivity contribution >= 4 is 0 Å². The highest BCUT2D eigenvalue weighted by atomic mass is 16.5. The highest BCUT2D eigenvalue weighted by Crippen LogP contribution is 2.30. The fourth-order valence-electron chi connectivity index (χ4n) is 1.52. The average molecular weight is 168 g/mol. The Morgan fingerprint density at radius 3 is 3.00 bits per heavy atom. The molecule has 1 aliphatic heterocycles. The summed E-state index contributed by atoms with van der Waals surface area (Å²) in [5, 5.41) is 10.0. The quantitative estimate of drug-likeness (QED) is 0.686. The van der Waals surface area contributed by atoms with Crippen LogP contribution in [-0.2, 0) is 10.3 Å². The number of aliphatic hydroxyl groups is 1. The van der Waals surface area contributed by atoms with E-state index in [2.05, 4.69) is 0 Å². The van der Waals surface area contributed by atoms with Crippen molar-refractivity contribution in [2.24, 2.45) is 0 Å².